The summed E-state index contributed by atoms with van der Waals surface area (Å²) >= 11 is 0. The summed E-state index contributed by atoms with van der Waals surface area (Å²) in [5, 5.41) is 5.55. The van der Waals surface area contributed by atoms with Crippen LogP contribution in [0, 0.1) is 20.8 Å². The van der Waals surface area contributed by atoms with Crippen molar-refractivity contribution in [3.63, 3.8) is 0 Å². The van der Waals surface area contributed by atoms with E-state index in [2.05, 4.69) is 10.6 Å². The van der Waals surface area contributed by atoms with Gasteiger partial charge >= 0.3 is 6.03 Å². The first-order valence-electron chi connectivity index (χ1n) is 9.00. The summed E-state index contributed by atoms with van der Waals surface area (Å²) in [4.78, 5) is 26.8. The van der Waals surface area contributed by atoms with Gasteiger partial charge in [-0.15, -0.1) is 0 Å². The highest BCUT2D eigenvalue weighted by Crippen LogP contribution is 2.26. The smallest absolute Gasteiger partial charge is 0.319 e. The highest BCUT2D eigenvalue weighted by Gasteiger charge is 2.33. The van der Waals surface area contributed by atoms with Crippen molar-refractivity contribution < 1.29 is 14.3 Å². The first-order chi connectivity index (χ1) is 12.9. The van der Waals surface area contributed by atoms with Gasteiger partial charge in [0.05, 0.1) is 12.8 Å². The van der Waals surface area contributed by atoms with Gasteiger partial charge in [-0.2, -0.15) is 0 Å². The monoisotopic (exact) mass is 367 g/mol. The van der Waals surface area contributed by atoms with Gasteiger partial charge in [-0.25, -0.2) is 4.79 Å². The second-order valence-electron chi connectivity index (χ2n) is 6.90. The normalized spacial score (nSPS) is 16.4. The SMILES string of the molecule is COc1ccc(C)cc1NC(=O)NC1CCN(c2ccc(C)c(C)c2)C1=O. The third-order valence-electron chi connectivity index (χ3n) is 4.92. The first-order valence-corrected chi connectivity index (χ1v) is 9.00. The van der Waals surface area contributed by atoms with Crippen molar-refractivity contribution in [3.05, 3.63) is 53.1 Å². The Morgan fingerprint density at radius 2 is 1.89 bits per heavy atom. The Morgan fingerprint density at radius 1 is 1.11 bits per heavy atom. The van der Waals surface area contributed by atoms with Crippen LogP contribution in [0.4, 0.5) is 16.2 Å². The van der Waals surface area contributed by atoms with Crippen molar-refractivity contribution in [3.8, 4) is 5.75 Å². The van der Waals surface area contributed by atoms with Gasteiger partial charge in [0.25, 0.3) is 0 Å². The van der Waals surface area contributed by atoms with Crippen molar-refractivity contribution in [2.75, 3.05) is 23.9 Å². The molecule has 2 N–H and O–H groups in total. The molecular weight excluding hydrogens is 342 g/mol. The molecule has 0 radical (unpaired) electrons. The number of anilines is 2. The fourth-order valence-electron chi connectivity index (χ4n) is 3.20. The van der Waals surface area contributed by atoms with Crippen LogP contribution in [0.3, 0.4) is 0 Å². The zero-order valence-corrected chi connectivity index (χ0v) is 16.1. The molecule has 1 heterocycles. The van der Waals surface area contributed by atoms with E-state index < -0.39 is 12.1 Å². The van der Waals surface area contributed by atoms with E-state index in [1.54, 1.807) is 18.1 Å². The number of hydrogen-bond donors (Lipinski definition) is 2. The number of nitrogens with zero attached hydrogens (tertiary/aromatic N) is 1. The van der Waals surface area contributed by atoms with Crippen molar-refractivity contribution in [2.24, 2.45) is 0 Å². The lowest BCUT2D eigenvalue weighted by Gasteiger charge is -2.19. The molecule has 3 amide bonds. The lowest BCUT2D eigenvalue weighted by Crippen LogP contribution is -2.43. The number of nitrogens with one attached hydrogen (secondary N) is 2. The van der Waals surface area contributed by atoms with E-state index in [-0.39, 0.29) is 5.91 Å². The largest absolute Gasteiger partial charge is 0.495 e. The summed E-state index contributed by atoms with van der Waals surface area (Å²) in [7, 11) is 1.55. The molecule has 2 aromatic carbocycles. The third-order valence-corrected chi connectivity index (χ3v) is 4.92. The summed E-state index contributed by atoms with van der Waals surface area (Å²) in [6.07, 6.45) is 0.574. The summed E-state index contributed by atoms with van der Waals surface area (Å²) in [6, 6.07) is 10.5. The van der Waals surface area contributed by atoms with E-state index in [1.165, 1.54) is 5.56 Å². The first kappa shape index (κ1) is 18.8. The number of benzene rings is 2. The molecule has 1 unspecified atom stereocenters. The zero-order chi connectivity index (χ0) is 19.6. The Hall–Kier alpha value is -3.02. The average Bonchev–Trinajstić information content (AvgIpc) is 2.98. The number of hydrogen-bond acceptors (Lipinski definition) is 3. The topological polar surface area (TPSA) is 70.7 Å². The Bertz CT molecular complexity index is 879. The molecule has 6 nitrogen and oxygen atoms in total. The third kappa shape index (κ3) is 4.05. The van der Waals surface area contributed by atoms with Crippen molar-refractivity contribution in [1.29, 1.82) is 0 Å². The summed E-state index contributed by atoms with van der Waals surface area (Å²) < 4.78 is 5.27. The van der Waals surface area contributed by atoms with E-state index in [1.807, 2.05) is 51.1 Å². The number of ether oxygens (including phenoxy) is 1. The van der Waals surface area contributed by atoms with Crippen LogP contribution in [0.1, 0.15) is 23.1 Å². The molecule has 0 aromatic heterocycles. The number of urea groups is 1. The Morgan fingerprint density at radius 3 is 2.59 bits per heavy atom. The van der Waals surface area contributed by atoms with E-state index in [9.17, 15) is 9.59 Å². The fourth-order valence-corrected chi connectivity index (χ4v) is 3.20. The molecule has 1 aliphatic rings. The second-order valence-corrected chi connectivity index (χ2v) is 6.90. The molecule has 0 saturated carbocycles. The van der Waals surface area contributed by atoms with Gasteiger partial charge in [-0.05, 0) is 68.1 Å². The lowest BCUT2D eigenvalue weighted by atomic mass is 10.1. The Kier molecular flexibility index (Phi) is 5.35. The molecule has 0 spiro atoms. The Labute approximate surface area is 159 Å². The molecule has 1 atom stereocenters. The van der Waals surface area contributed by atoms with Crippen LogP contribution in [0.15, 0.2) is 36.4 Å². The van der Waals surface area contributed by atoms with Crippen LogP contribution in [-0.4, -0.2) is 31.6 Å². The second kappa shape index (κ2) is 7.70. The average molecular weight is 367 g/mol. The Balaban J connectivity index is 1.66. The van der Waals surface area contributed by atoms with E-state index in [4.69, 9.17) is 4.74 Å². The zero-order valence-electron chi connectivity index (χ0n) is 16.1. The van der Waals surface area contributed by atoms with Crippen LogP contribution >= 0.6 is 0 Å². The fraction of sp³-hybridized carbons (Fsp3) is 0.333. The molecule has 27 heavy (non-hydrogen) atoms. The van der Waals surface area contributed by atoms with E-state index in [0.29, 0.717) is 24.4 Å². The van der Waals surface area contributed by atoms with Crippen LogP contribution in [0.2, 0.25) is 0 Å². The molecular formula is C21H25N3O3. The minimum atomic E-state index is -0.539. The molecule has 1 aliphatic heterocycles. The van der Waals surface area contributed by atoms with Crippen LogP contribution in [0.5, 0.6) is 5.75 Å². The molecule has 142 valence electrons. The number of methoxy groups -OCH3 is 1. The van der Waals surface area contributed by atoms with Crippen LogP contribution in [-0.2, 0) is 4.79 Å². The van der Waals surface area contributed by atoms with Gasteiger partial charge in [-0.1, -0.05) is 12.1 Å². The maximum Gasteiger partial charge on any atom is 0.319 e. The number of rotatable bonds is 4. The molecule has 1 saturated heterocycles. The quantitative estimate of drug-likeness (QED) is 0.868. The molecule has 2 aromatic rings. The van der Waals surface area contributed by atoms with Gasteiger partial charge in [-0.3, -0.25) is 4.79 Å². The van der Waals surface area contributed by atoms with Crippen LogP contribution < -0.4 is 20.3 Å². The molecule has 0 bridgehead atoms. The minimum absolute atomic E-state index is 0.0930. The molecule has 3 rings (SSSR count). The summed E-state index contributed by atoms with van der Waals surface area (Å²) in [5.74, 6) is 0.481. The molecule has 0 aliphatic carbocycles. The highest BCUT2D eigenvalue weighted by molar-refractivity contribution is 6.02. The predicted octanol–water partition coefficient (Wildman–Crippen LogP) is 3.55. The number of amides is 3. The molecule has 1 fully saturated rings. The lowest BCUT2D eigenvalue weighted by molar-refractivity contribution is -0.118. The maximum absolute atomic E-state index is 12.7. The highest BCUT2D eigenvalue weighted by atomic mass is 16.5. The standard InChI is InChI=1S/C21H25N3O3/c1-13-5-8-19(27-4)18(11-13)23-21(26)22-17-9-10-24(20(17)25)16-7-6-14(2)15(3)12-16/h5-8,11-12,17H,9-10H2,1-4H3,(H2,22,23,26). The number of aryl methyl sites for hydroxylation is 3. The summed E-state index contributed by atoms with van der Waals surface area (Å²) in [6.45, 7) is 6.58. The summed E-state index contributed by atoms with van der Waals surface area (Å²) in [5.41, 5.74) is 4.77. The predicted molar refractivity (Wildman–Crippen MR) is 107 cm³/mol. The minimum Gasteiger partial charge on any atom is -0.495 e. The van der Waals surface area contributed by atoms with Gasteiger partial charge in [0, 0.05) is 12.2 Å². The maximum atomic E-state index is 12.7. The van der Waals surface area contributed by atoms with Crippen molar-refractivity contribution in [2.45, 2.75) is 33.2 Å². The van der Waals surface area contributed by atoms with Gasteiger partial charge in [0.15, 0.2) is 0 Å². The van der Waals surface area contributed by atoms with Crippen molar-refractivity contribution in [1.82, 2.24) is 5.32 Å². The number of carbonyl (C=O) groups excluding carboxylic acids is 2. The van der Waals surface area contributed by atoms with E-state index >= 15 is 0 Å². The van der Waals surface area contributed by atoms with Gasteiger partial charge in [0.2, 0.25) is 5.91 Å². The van der Waals surface area contributed by atoms with E-state index in [0.717, 1.165) is 16.8 Å². The van der Waals surface area contributed by atoms with Gasteiger partial charge < -0.3 is 20.3 Å². The van der Waals surface area contributed by atoms with Gasteiger partial charge in [0.1, 0.15) is 11.8 Å². The number of carbonyl (C=O) groups is 2. The van der Waals surface area contributed by atoms with Crippen molar-refractivity contribution >= 4 is 23.3 Å². The van der Waals surface area contributed by atoms with Crippen LogP contribution in [0.25, 0.3) is 0 Å². The molecule has 6 heteroatoms.